The average Bonchev–Trinajstić information content (AvgIpc) is 2.12. The Balaban J connectivity index is 0.000000640. The van der Waals surface area contributed by atoms with Gasteiger partial charge >= 0.3 is 57.4 Å². The molecule has 1 heterocycles. The molecule has 0 fully saturated rings. The predicted octanol–water partition coefficient (Wildman–Crippen LogP) is -0.234. The quantitative estimate of drug-likeness (QED) is 0.510. The van der Waals surface area contributed by atoms with Gasteiger partial charge in [0.25, 0.3) is 0 Å². The van der Waals surface area contributed by atoms with Crippen molar-refractivity contribution >= 4 is 57.4 Å². The Morgan fingerprint density at radius 2 is 1.78 bits per heavy atom. The van der Waals surface area contributed by atoms with Gasteiger partial charge in [-0.1, -0.05) is 0 Å². The van der Waals surface area contributed by atoms with Gasteiger partial charge in [0.05, 0.1) is 0 Å². The summed E-state index contributed by atoms with van der Waals surface area (Å²) in [5.74, 6) is 0. The summed E-state index contributed by atoms with van der Waals surface area (Å²) in [5, 5.41) is 0. The molecule has 0 atom stereocenters. The molecule has 1 amide bonds. The number of nitrogens with zero attached hydrogens (tertiary/aromatic N) is 1. The van der Waals surface area contributed by atoms with E-state index in [1.807, 2.05) is 0 Å². The van der Waals surface area contributed by atoms with Crippen molar-refractivity contribution in [2.45, 2.75) is 0 Å². The Labute approximate surface area is 95.6 Å². The van der Waals surface area contributed by atoms with Gasteiger partial charge in [-0.25, -0.2) is 4.79 Å². The van der Waals surface area contributed by atoms with Crippen molar-refractivity contribution in [3.05, 3.63) is 24.5 Å². The van der Waals surface area contributed by atoms with Crippen LogP contribution in [0.2, 0.25) is 0 Å². The van der Waals surface area contributed by atoms with Crippen molar-refractivity contribution in [3.8, 4) is 0 Å². The van der Waals surface area contributed by atoms with E-state index in [9.17, 15) is 4.79 Å². The number of nitrogens with two attached hydrogens (primary N) is 1. The van der Waals surface area contributed by atoms with Gasteiger partial charge in [-0.2, -0.15) is 0 Å². The molecule has 4 heteroatoms. The van der Waals surface area contributed by atoms with Crippen molar-refractivity contribution in [1.29, 1.82) is 0 Å². The second kappa shape index (κ2) is 4.24. The first-order valence-electron chi connectivity index (χ1n) is 2.23. The molecule has 9 heavy (non-hydrogen) atoms. The molecule has 44 valence electrons. The molecule has 0 aromatic carbocycles. The van der Waals surface area contributed by atoms with Gasteiger partial charge in [0.1, 0.15) is 0 Å². The van der Waals surface area contributed by atoms with Crippen LogP contribution in [0.1, 0.15) is 0 Å². The van der Waals surface area contributed by atoms with Crippen LogP contribution >= 0.6 is 0 Å². The summed E-state index contributed by atoms with van der Waals surface area (Å²) in [7, 11) is 0. The predicted molar refractivity (Wildman–Crippen MR) is 36.6 cm³/mol. The molecule has 1 rings (SSSR count). The van der Waals surface area contributed by atoms with Gasteiger partial charge in [0.15, 0.2) is 0 Å². The first kappa shape index (κ1) is 9.39. The molecule has 0 saturated carbocycles. The number of carbonyl (C=O) groups is 1. The Kier molecular flexibility index (Phi) is 4.42. The third-order valence-electron chi connectivity index (χ3n) is 0.859. The van der Waals surface area contributed by atoms with Crippen molar-refractivity contribution in [2.24, 2.45) is 5.73 Å². The first-order chi connectivity index (χ1) is 3.80. The Hall–Kier alpha value is 0.386. The van der Waals surface area contributed by atoms with Gasteiger partial charge in [-0.3, -0.25) is 4.57 Å². The molecular weight excluding hydrogens is 143 g/mol. The number of primary amides is 1. The van der Waals surface area contributed by atoms with Crippen molar-refractivity contribution in [3.63, 3.8) is 0 Å². The van der Waals surface area contributed by atoms with Crippen LogP contribution in [0.3, 0.4) is 0 Å². The number of amides is 1. The number of carbonyl (C=O) groups excluding carboxylic acids is 1. The number of aromatic nitrogens is 1. The summed E-state index contributed by atoms with van der Waals surface area (Å²) < 4.78 is 1.31. The third kappa shape index (κ3) is 2.64. The van der Waals surface area contributed by atoms with Crippen LogP contribution in [-0.4, -0.2) is 62.0 Å². The van der Waals surface area contributed by atoms with Crippen molar-refractivity contribution in [2.75, 3.05) is 0 Å². The monoisotopic (exact) mass is 150 g/mol. The third-order valence-corrected chi connectivity index (χ3v) is 0.859. The number of hydrogen-bond acceptors (Lipinski definition) is 1. The zero-order valence-corrected chi connectivity index (χ0v) is 4.24. The molecule has 0 radical (unpaired) electrons. The molecule has 0 unspecified atom stereocenters. The molecule has 0 saturated heterocycles. The van der Waals surface area contributed by atoms with Crippen LogP contribution in [0.4, 0.5) is 4.79 Å². The second-order valence-electron chi connectivity index (χ2n) is 1.43. The van der Waals surface area contributed by atoms with E-state index in [0.717, 1.165) is 0 Å². The van der Waals surface area contributed by atoms with Gasteiger partial charge in [-0.15, -0.1) is 0 Å². The van der Waals surface area contributed by atoms with Gasteiger partial charge < -0.3 is 5.73 Å². The van der Waals surface area contributed by atoms with Gasteiger partial charge in [0, 0.05) is 12.4 Å². The molecule has 0 spiro atoms. The Morgan fingerprint density at radius 1 is 1.33 bits per heavy atom. The Morgan fingerprint density at radius 3 is 2.00 bits per heavy atom. The van der Waals surface area contributed by atoms with Gasteiger partial charge in [0.2, 0.25) is 0 Å². The maximum absolute atomic E-state index is 10.2. The maximum atomic E-state index is 10.2. The van der Waals surface area contributed by atoms with Gasteiger partial charge in [-0.05, 0) is 12.1 Å². The zero-order valence-electron chi connectivity index (χ0n) is 4.24. The molecule has 0 aliphatic carbocycles. The van der Waals surface area contributed by atoms with Crippen LogP contribution in [0.5, 0.6) is 0 Å². The van der Waals surface area contributed by atoms with E-state index in [2.05, 4.69) is 0 Å². The van der Waals surface area contributed by atoms with Crippen LogP contribution in [0.25, 0.3) is 0 Å². The average molecular weight is 150 g/mol. The molecule has 1 aromatic rings. The topological polar surface area (TPSA) is 48.0 Å². The molecule has 3 nitrogen and oxygen atoms in total. The van der Waals surface area contributed by atoms with E-state index >= 15 is 0 Å². The molecule has 1 aromatic heterocycles. The second-order valence-corrected chi connectivity index (χ2v) is 1.43. The fourth-order valence-corrected chi connectivity index (χ4v) is 0.481. The van der Waals surface area contributed by atoms with E-state index in [1.165, 1.54) is 4.57 Å². The first-order valence-corrected chi connectivity index (χ1v) is 2.23. The summed E-state index contributed by atoms with van der Waals surface area (Å²) in [4.78, 5) is 10.2. The fourth-order valence-electron chi connectivity index (χ4n) is 0.481. The van der Waals surface area contributed by atoms with Crippen LogP contribution in [0, 0.1) is 0 Å². The SMILES string of the molecule is NC(=O)n1cccc1.[KH]. The standard InChI is InChI=1S/C5H6N2O.K.H/c6-5(8)7-3-1-2-4-7;;/h1-4H,(H2,6,8);;. The van der Waals surface area contributed by atoms with Crippen molar-refractivity contribution < 1.29 is 4.79 Å². The minimum atomic E-state index is -0.449. The Bertz CT molecular complexity index is 183. The fraction of sp³-hybridized carbons (Fsp3) is 0. The summed E-state index contributed by atoms with van der Waals surface area (Å²) in [5.41, 5.74) is 4.88. The molecule has 2 N–H and O–H groups in total. The normalized spacial score (nSPS) is 8.00. The van der Waals surface area contributed by atoms with Crippen LogP contribution < -0.4 is 5.73 Å². The molecule has 0 aliphatic rings. The number of rotatable bonds is 0. The van der Waals surface area contributed by atoms with Crippen LogP contribution in [-0.2, 0) is 0 Å². The van der Waals surface area contributed by atoms with E-state index < -0.39 is 6.03 Å². The molecule has 0 aliphatic heterocycles. The summed E-state index contributed by atoms with van der Waals surface area (Å²) in [6.45, 7) is 0. The van der Waals surface area contributed by atoms with E-state index in [1.54, 1.807) is 24.5 Å². The van der Waals surface area contributed by atoms with E-state index in [0.29, 0.717) is 0 Å². The van der Waals surface area contributed by atoms with Crippen LogP contribution in [0.15, 0.2) is 24.5 Å². The molecule has 0 bridgehead atoms. The summed E-state index contributed by atoms with van der Waals surface area (Å²) >= 11 is 0. The van der Waals surface area contributed by atoms with E-state index in [-0.39, 0.29) is 51.4 Å². The van der Waals surface area contributed by atoms with E-state index in [4.69, 9.17) is 5.73 Å². The summed E-state index contributed by atoms with van der Waals surface area (Å²) in [6.07, 6.45) is 3.20. The summed E-state index contributed by atoms with van der Waals surface area (Å²) in [6, 6.07) is 3.03. The number of hydrogen-bond donors (Lipinski definition) is 1. The van der Waals surface area contributed by atoms with Crippen molar-refractivity contribution in [1.82, 2.24) is 4.57 Å². The molecular formula is C5H7KN2O. The minimum absolute atomic E-state index is 0. The zero-order chi connectivity index (χ0) is 5.98.